The zero-order valence-corrected chi connectivity index (χ0v) is 12.8. The molecule has 0 aliphatic heterocycles. The Labute approximate surface area is 123 Å². The molecule has 0 saturated carbocycles. The summed E-state index contributed by atoms with van der Waals surface area (Å²) in [5.74, 6) is -0.0494. The molecule has 0 aromatic carbocycles. The van der Waals surface area contributed by atoms with Crippen molar-refractivity contribution in [1.29, 1.82) is 0 Å². The number of carbonyl (C=O) groups is 1. The third-order valence-corrected chi connectivity index (χ3v) is 4.28. The van der Waals surface area contributed by atoms with Crippen LogP contribution in [0.3, 0.4) is 0 Å². The van der Waals surface area contributed by atoms with Crippen LogP contribution in [0.15, 0.2) is 24.5 Å². The Kier molecular flexibility index (Phi) is 4.84. The fourth-order valence-corrected chi connectivity index (χ4v) is 3.05. The Morgan fingerprint density at radius 3 is 2.75 bits per heavy atom. The van der Waals surface area contributed by atoms with Crippen LogP contribution in [0.1, 0.15) is 52.2 Å². The van der Waals surface area contributed by atoms with E-state index in [1.54, 1.807) is 12.4 Å². The number of carbonyl (C=O) groups excluding carboxylic acids is 1. The van der Waals surface area contributed by atoms with Crippen molar-refractivity contribution in [2.45, 2.75) is 39.7 Å². The molecule has 2 aromatic heterocycles. The van der Waals surface area contributed by atoms with Crippen molar-refractivity contribution < 1.29 is 4.79 Å². The number of amides is 1. The van der Waals surface area contributed by atoms with Gasteiger partial charge in [0.25, 0.3) is 5.91 Å². The van der Waals surface area contributed by atoms with Crippen molar-refractivity contribution in [2.24, 2.45) is 0 Å². The molecule has 2 aromatic rings. The van der Waals surface area contributed by atoms with Crippen molar-refractivity contribution in [3.8, 4) is 0 Å². The first-order valence-corrected chi connectivity index (χ1v) is 7.60. The lowest BCUT2D eigenvalue weighted by Crippen LogP contribution is -2.26. The molecule has 0 radical (unpaired) electrons. The number of nitrogens with one attached hydrogen (secondary N) is 1. The van der Waals surface area contributed by atoms with E-state index in [4.69, 9.17) is 0 Å². The highest BCUT2D eigenvalue weighted by Crippen LogP contribution is 2.20. The van der Waals surface area contributed by atoms with Crippen molar-refractivity contribution >= 4 is 17.2 Å². The van der Waals surface area contributed by atoms with Gasteiger partial charge in [0.15, 0.2) is 0 Å². The number of hydrogen-bond acceptors (Lipinski definition) is 4. The van der Waals surface area contributed by atoms with Crippen LogP contribution in [0.2, 0.25) is 0 Å². The van der Waals surface area contributed by atoms with E-state index in [9.17, 15) is 4.79 Å². The van der Waals surface area contributed by atoms with Gasteiger partial charge in [-0.15, -0.1) is 11.3 Å². The quantitative estimate of drug-likeness (QED) is 0.919. The second-order valence-electron chi connectivity index (χ2n) is 4.75. The fraction of sp³-hybridized carbons (Fsp3) is 0.400. The Bertz CT molecular complexity index is 580. The molecule has 106 valence electrons. The minimum Gasteiger partial charge on any atom is -0.345 e. The SMILES string of the molecule is CCCc1nc(C)c(C(=O)N[C@H](C)c2ccncc2)s1. The first-order chi connectivity index (χ1) is 9.61. The van der Waals surface area contributed by atoms with E-state index >= 15 is 0 Å². The lowest BCUT2D eigenvalue weighted by Gasteiger charge is -2.13. The van der Waals surface area contributed by atoms with Crippen molar-refractivity contribution in [2.75, 3.05) is 0 Å². The summed E-state index contributed by atoms with van der Waals surface area (Å²) >= 11 is 1.49. The number of hydrogen-bond donors (Lipinski definition) is 1. The van der Waals surface area contributed by atoms with Crippen LogP contribution in [0, 0.1) is 6.92 Å². The number of thiazole rings is 1. The number of aromatic nitrogens is 2. The van der Waals surface area contributed by atoms with Crippen LogP contribution in [0.5, 0.6) is 0 Å². The molecule has 1 amide bonds. The van der Waals surface area contributed by atoms with Gasteiger partial charge in [-0.3, -0.25) is 9.78 Å². The molecule has 0 aliphatic rings. The number of rotatable bonds is 5. The zero-order chi connectivity index (χ0) is 14.5. The zero-order valence-electron chi connectivity index (χ0n) is 12.0. The summed E-state index contributed by atoms with van der Waals surface area (Å²) in [5, 5.41) is 4.05. The average molecular weight is 289 g/mol. The van der Waals surface area contributed by atoms with Gasteiger partial charge < -0.3 is 5.32 Å². The molecule has 2 rings (SSSR count). The standard InChI is InChI=1S/C15H19N3OS/c1-4-5-13-17-11(3)14(20-13)15(19)18-10(2)12-6-8-16-9-7-12/h6-10H,4-5H2,1-3H3,(H,18,19)/t10-/m1/s1. The van der Waals surface area contributed by atoms with Gasteiger partial charge in [0.1, 0.15) is 4.88 Å². The molecule has 0 aliphatic carbocycles. The molecule has 1 atom stereocenters. The lowest BCUT2D eigenvalue weighted by atomic mass is 10.1. The molecule has 1 N–H and O–H groups in total. The molecule has 0 unspecified atom stereocenters. The van der Waals surface area contributed by atoms with Gasteiger partial charge in [-0.1, -0.05) is 6.92 Å². The molecule has 20 heavy (non-hydrogen) atoms. The van der Waals surface area contributed by atoms with Gasteiger partial charge in [0.2, 0.25) is 0 Å². The lowest BCUT2D eigenvalue weighted by molar-refractivity contribution is 0.0943. The van der Waals surface area contributed by atoms with Gasteiger partial charge in [-0.05, 0) is 44.4 Å². The predicted octanol–water partition coefficient (Wildman–Crippen LogP) is 3.29. The van der Waals surface area contributed by atoms with Crippen molar-refractivity contribution in [3.05, 3.63) is 45.7 Å². The molecule has 5 heteroatoms. The van der Waals surface area contributed by atoms with Gasteiger partial charge >= 0.3 is 0 Å². The Hall–Kier alpha value is -1.75. The Morgan fingerprint density at radius 2 is 2.10 bits per heavy atom. The maximum absolute atomic E-state index is 12.3. The molecule has 0 bridgehead atoms. The first kappa shape index (κ1) is 14.7. The molecule has 0 saturated heterocycles. The third-order valence-electron chi connectivity index (χ3n) is 3.06. The van der Waals surface area contributed by atoms with E-state index in [1.165, 1.54) is 11.3 Å². The summed E-state index contributed by atoms with van der Waals surface area (Å²) in [6, 6.07) is 3.78. The van der Waals surface area contributed by atoms with E-state index in [1.807, 2.05) is 26.0 Å². The molecular formula is C15H19N3OS. The molecule has 0 spiro atoms. The summed E-state index contributed by atoms with van der Waals surface area (Å²) in [6.07, 6.45) is 5.44. The summed E-state index contributed by atoms with van der Waals surface area (Å²) in [5.41, 5.74) is 1.86. The third kappa shape index (κ3) is 3.42. The normalized spacial score (nSPS) is 12.2. The maximum atomic E-state index is 12.3. The Balaban J connectivity index is 2.08. The van der Waals surface area contributed by atoms with Crippen LogP contribution in [0.25, 0.3) is 0 Å². The highest BCUT2D eigenvalue weighted by atomic mass is 32.1. The van der Waals surface area contributed by atoms with Gasteiger partial charge in [-0.2, -0.15) is 0 Å². The van der Waals surface area contributed by atoms with Crippen LogP contribution in [-0.2, 0) is 6.42 Å². The highest BCUT2D eigenvalue weighted by Gasteiger charge is 2.17. The topological polar surface area (TPSA) is 54.9 Å². The van der Waals surface area contributed by atoms with Gasteiger partial charge in [0.05, 0.1) is 16.7 Å². The van der Waals surface area contributed by atoms with E-state index in [2.05, 4.69) is 22.2 Å². The summed E-state index contributed by atoms with van der Waals surface area (Å²) < 4.78 is 0. The fourth-order valence-electron chi connectivity index (χ4n) is 1.98. The second kappa shape index (κ2) is 6.61. The van der Waals surface area contributed by atoms with Crippen molar-refractivity contribution in [3.63, 3.8) is 0 Å². The van der Waals surface area contributed by atoms with E-state index in [0.717, 1.165) is 29.1 Å². The summed E-state index contributed by atoms with van der Waals surface area (Å²) in [7, 11) is 0. The van der Waals surface area contributed by atoms with Crippen molar-refractivity contribution in [1.82, 2.24) is 15.3 Å². The number of pyridine rings is 1. The summed E-state index contributed by atoms with van der Waals surface area (Å²) in [6.45, 7) is 5.97. The number of aryl methyl sites for hydroxylation is 2. The molecule has 0 fully saturated rings. The minimum atomic E-state index is -0.0494. The van der Waals surface area contributed by atoms with Gasteiger partial charge in [-0.25, -0.2) is 4.98 Å². The van der Waals surface area contributed by atoms with E-state index in [-0.39, 0.29) is 11.9 Å². The largest absolute Gasteiger partial charge is 0.345 e. The minimum absolute atomic E-state index is 0.0402. The van der Waals surface area contributed by atoms with Gasteiger partial charge in [0, 0.05) is 12.4 Å². The predicted molar refractivity (Wildman–Crippen MR) is 81.0 cm³/mol. The van der Waals surface area contributed by atoms with Crippen LogP contribution in [0.4, 0.5) is 0 Å². The van der Waals surface area contributed by atoms with Crippen LogP contribution < -0.4 is 5.32 Å². The van der Waals surface area contributed by atoms with E-state index < -0.39 is 0 Å². The summed E-state index contributed by atoms with van der Waals surface area (Å²) in [4.78, 5) is 21.5. The monoisotopic (exact) mass is 289 g/mol. The van der Waals surface area contributed by atoms with E-state index in [0.29, 0.717) is 4.88 Å². The molecular weight excluding hydrogens is 270 g/mol. The first-order valence-electron chi connectivity index (χ1n) is 6.79. The maximum Gasteiger partial charge on any atom is 0.263 e. The molecule has 2 heterocycles. The van der Waals surface area contributed by atoms with Crippen LogP contribution in [-0.4, -0.2) is 15.9 Å². The number of nitrogens with zero attached hydrogens (tertiary/aromatic N) is 2. The second-order valence-corrected chi connectivity index (χ2v) is 5.83. The smallest absolute Gasteiger partial charge is 0.263 e. The highest BCUT2D eigenvalue weighted by molar-refractivity contribution is 7.13. The average Bonchev–Trinajstić information content (AvgIpc) is 2.81. The Morgan fingerprint density at radius 1 is 1.40 bits per heavy atom. The van der Waals surface area contributed by atoms with Crippen LogP contribution >= 0.6 is 11.3 Å². The molecule has 4 nitrogen and oxygen atoms in total.